The van der Waals surface area contributed by atoms with Crippen molar-refractivity contribution in [2.24, 2.45) is 0 Å². The van der Waals surface area contributed by atoms with Crippen LogP contribution in [0.1, 0.15) is 16.2 Å². The maximum Gasteiger partial charge on any atom is 0.294 e. The third-order valence-corrected chi connectivity index (χ3v) is 2.67. The molecule has 20 heavy (non-hydrogen) atoms. The maximum absolute atomic E-state index is 11.9. The molecule has 0 aliphatic rings. The molecule has 0 aliphatic heterocycles. The summed E-state index contributed by atoms with van der Waals surface area (Å²) in [6, 6.07) is 8.90. The molecule has 2 heterocycles. The summed E-state index contributed by atoms with van der Waals surface area (Å²) in [5, 5.41) is 13.9. The van der Waals surface area contributed by atoms with Crippen molar-refractivity contribution in [2.75, 3.05) is 5.32 Å². The Hall–Kier alpha value is -2.96. The number of rotatable bonds is 3. The van der Waals surface area contributed by atoms with Crippen LogP contribution in [0, 0.1) is 6.92 Å². The summed E-state index contributed by atoms with van der Waals surface area (Å²) in [7, 11) is 0. The number of nitrogens with one attached hydrogen (secondary N) is 1. The van der Waals surface area contributed by atoms with Crippen molar-refractivity contribution in [3.8, 4) is 5.69 Å². The third kappa shape index (κ3) is 2.41. The molecule has 3 aromatic rings. The van der Waals surface area contributed by atoms with Gasteiger partial charge in [-0.3, -0.25) is 9.36 Å². The molecular formula is C13H11N5O2. The van der Waals surface area contributed by atoms with Gasteiger partial charge >= 0.3 is 0 Å². The number of hydrogen-bond donors (Lipinski definition) is 1. The second-order valence-corrected chi connectivity index (χ2v) is 4.21. The van der Waals surface area contributed by atoms with Crippen LogP contribution >= 0.6 is 0 Å². The number of aromatic nitrogens is 4. The van der Waals surface area contributed by atoms with Gasteiger partial charge in [-0.1, -0.05) is 11.2 Å². The molecule has 0 bridgehead atoms. The Morgan fingerprint density at radius 1 is 1.25 bits per heavy atom. The summed E-state index contributed by atoms with van der Waals surface area (Å²) in [5.41, 5.74) is 2.16. The van der Waals surface area contributed by atoms with Crippen molar-refractivity contribution in [2.45, 2.75) is 6.92 Å². The average Bonchev–Trinajstić information content (AvgIpc) is 3.10. The molecule has 0 unspecified atom stereocenters. The summed E-state index contributed by atoms with van der Waals surface area (Å²) in [4.78, 5) is 11.9. The molecule has 3 rings (SSSR count). The van der Waals surface area contributed by atoms with Crippen LogP contribution in [0.2, 0.25) is 0 Å². The number of aryl methyl sites for hydroxylation is 1. The number of nitrogens with zero attached hydrogens (tertiary/aromatic N) is 4. The third-order valence-electron chi connectivity index (χ3n) is 2.67. The van der Waals surface area contributed by atoms with Gasteiger partial charge in [-0.2, -0.15) is 0 Å². The molecular weight excluding hydrogens is 258 g/mol. The van der Waals surface area contributed by atoms with E-state index in [0.717, 1.165) is 5.69 Å². The van der Waals surface area contributed by atoms with Gasteiger partial charge in [0.1, 0.15) is 12.7 Å². The lowest BCUT2D eigenvalue weighted by molar-refractivity contribution is 0.0988. The van der Waals surface area contributed by atoms with E-state index in [4.69, 9.17) is 4.52 Å². The molecule has 0 radical (unpaired) electrons. The van der Waals surface area contributed by atoms with E-state index in [2.05, 4.69) is 20.7 Å². The Balaban J connectivity index is 1.81. The Bertz CT molecular complexity index is 733. The summed E-state index contributed by atoms with van der Waals surface area (Å²) in [6.07, 6.45) is 3.17. The van der Waals surface area contributed by atoms with Gasteiger partial charge in [0.15, 0.2) is 0 Å². The van der Waals surface area contributed by atoms with Crippen LogP contribution in [0.4, 0.5) is 5.69 Å². The van der Waals surface area contributed by atoms with Crippen LogP contribution in [0.25, 0.3) is 5.69 Å². The summed E-state index contributed by atoms with van der Waals surface area (Å²) in [6.45, 7) is 1.76. The molecule has 1 aromatic carbocycles. The lowest BCUT2D eigenvalue weighted by Crippen LogP contribution is -2.11. The second-order valence-electron chi connectivity index (χ2n) is 4.21. The molecule has 100 valence electrons. The first-order valence-corrected chi connectivity index (χ1v) is 5.92. The fraction of sp³-hybridized carbons (Fsp3) is 0.0769. The number of amides is 1. The van der Waals surface area contributed by atoms with Gasteiger partial charge in [0.2, 0.25) is 5.76 Å². The molecule has 1 N–H and O–H groups in total. The van der Waals surface area contributed by atoms with Crippen LogP contribution in [-0.4, -0.2) is 25.8 Å². The van der Waals surface area contributed by atoms with E-state index >= 15 is 0 Å². The first-order valence-electron chi connectivity index (χ1n) is 5.92. The highest BCUT2D eigenvalue weighted by atomic mass is 16.5. The van der Waals surface area contributed by atoms with Gasteiger partial charge in [0.25, 0.3) is 5.91 Å². The highest BCUT2D eigenvalue weighted by molar-refractivity contribution is 6.02. The number of carbonyl (C=O) groups is 1. The largest absolute Gasteiger partial charge is 0.351 e. The summed E-state index contributed by atoms with van der Waals surface area (Å²) >= 11 is 0. The highest BCUT2D eigenvalue weighted by Gasteiger charge is 2.11. The van der Waals surface area contributed by atoms with E-state index in [0.29, 0.717) is 11.4 Å². The first kappa shape index (κ1) is 12.1. The smallest absolute Gasteiger partial charge is 0.294 e. The van der Waals surface area contributed by atoms with E-state index in [-0.39, 0.29) is 11.7 Å². The molecule has 7 nitrogen and oxygen atoms in total. The van der Waals surface area contributed by atoms with Gasteiger partial charge in [-0.15, -0.1) is 10.2 Å². The van der Waals surface area contributed by atoms with E-state index in [1.807, 2.05) is 18.2 Å². The van der Waals surface area contributed by atoms with E-state index in [1.165, 1.54) is 0 Å². The molecule has 0 spiro atoms. The van der Waals surface area contributed by atoms with Crippen LogP contribution in [0.3, 0.4) is 0 Å². The topological polar surface area (TPSA) is 85.8 Å². The van der Waals surface area contributed by atoms with E-state index in [1.54, 1.807) is 36.3 Å². The fourth-order valence-electron chi connectivity index (χ4n) is 1.74. The molecule has 0 aliphatic carbocycles. The van der Waals surface area contributed by atoms with Crippen molar-refractivity contribution in [1.82, 2.24) is 19.9 Å². The van der Waals surface area contributed by atoms with Crippen molar-refractivity contribution in [3.05, 3.63) is 54.4 Å². The predicted molar refractivity (Wildman–Crippen MR) is 70.6 cm³/mol. The Kier molecular flexibility index (Phi) is 3.00. The predicted octanol–water partition coefficient (Wildman–Crippen LogP) is 1.82. The lowest BCUT2D eigenvalue weighted by atomic mass is 10.2. The van der Waals surface area contributed by atoms with Gasteiger partial charge in [-0.25, -0.2) is 0 Å². The summed E-state index contributed by atoms with van der Waals surface area (Å²) < 4.78 is 6.66. The number of benzene rings is 1. The normalized spacial score (nSPS) is 10.4. The molecule has 1 amide bonds. The van der Waals surface area contributed by atoms with Crippen LogP contribution in [-0.2, 0) is 0 Å². The average molecular weight is 269 g/mol. The number of hydrogen-bond acceptors (Lipinski definition) is 5. The first-order chi connectivity index (χ1) is 9.72. The molecule has 7 heteroatoms. The minimum absolute atomic E-state index is 0.178. The molecule has 0 atom stereocenters. The van der Waals surface area contributed by atoms with Crippen molar-refractivity contribution in [3.63, 3.8) is 0 Å². The zero-order chi connectivity index (χ0) is 13.9. The van der Waals surface area contributed by atoms with Crippen molar-refractivity contribution in [1.29, 1.82) is 0 Å². The minimum Gasteiger partial charge on any atom is -0.351 e. The fourth-order valence-corrected chi connectivity index (χ4v) is 1.74. The Morgan fingerprint density at radius 3 is 2.75 bits per heavy atom. The monoisotopic (exact) mass is 269 g/mol. The zero-order valence-electron chi connectivity index (χ0n) is 10.6. The lowest BCUT2D eigenvalue weighted by Gasteiger charge is -2.06. The van der Waals surface area contributed by atoms with Crippen LogP contribution in [0.5, 0.6) is 0 Å². The molecule has 2 aromatic heterocycles. The van der Waals surface area contributed by atoms with E-state index in [9.17, 15) is 4.79 Å². The zero-order valence-corrected chi connectivity index (χ0v) is 10.6. The molecule has 0 saturated carbocycles. The minimum atomic E-state index is -0.341. The van der Waals surface area contributed by atoms with Crippen molar-refractivity contribution >= 4 is 11.6 Å². The van der Waals surface area contributed by atoms with Crippen LogP contribution < -0.4 is 5.32 Å². The Labute approximate surface area is 114 Å². The SMILES string of the molecule is Cc1cc(C(=O)Nc2cccc(-n3cnnc3)c2)on1. The number of carbonyl (C=O) groups excluding carboxylic acids is 1. The quantitative estimate of drug-likeness (QED) is 0.783. The molecule has 0 saturated heterocycles. The maximum atomic E-state index is 11.9. The summed E-state index contributed by atoms with van der Waals surface area (Å²) in [5.74, 6) is -0.163. The van der Waals surface area contributed by atoms with Gasteiger partial charge in [0, 0.05) is 11.8 Å². The van der Waals surface area contributed by atoms with Gasteiger partial charge in [-0.05, 0) is 25.1 Å². The Morgan fingerprint density at radius 2 is 2.05 bits per heavy atom. The van der Waals surface area contributed by atoms with E-state index < -0.39 is 0 Å². The molecule has 0 fully saturated rings. The number of anilines is 1. The van der Waals surface area contributed by atoms with Gasteiger partial charge in [0.05, 0.1) is 11.4 Å². The van der Waals surface area contributed by atoms with Crippen molar-refractivity contribution < 1.29 is 9.32 Å². The highest BCUT2D eigenvalue weighted by Crippen LogP contribution is 2.15. The van der Waals surface area contributed by atoms with Gasteiger partial charge < -0.3 is 9.84 Å². The second kappa shape index (κ2) is 4.96. The van der Waals surface area contributed by atoms with Crippen LogP contribution in [0.15, 0.2) is 47.5 Å². The standard InChI is InChI=1S/C13H11N5O2/c1-9-5-12(20-17-9)13(19)16-10-3-2-4-11(6-10)18-7-14-15-8-18/h2-8H,1H3,(H,16,19).